The highest BCUT2D eigenvalue weighted by Gasteiger charge is 2.14. The zero-order chi connectivity index (χ0) is 13.5. The molecule has 2 rings (SSSR count). The first-order chi connectivity index (χ1) is 9.31. The average Bonchev–Trinajstić information content (AvgIpc) is 2.48. The summed E-state index contributed by atoms with van der Waals surface area (Å²) in [6.07, 6.45) is 2.36. The van der Waals surface area contributed by atoms with Gasteiger partial charge in [0.05, 0.1) is 0 Å². The highest BCUT2D eigenvalue weighted by atomic mass is 14.9. The van der Waals surface area contributed by atoms with Crippen LogP contribution in [0.2, 0.25) is 0 Å². The largest absolute Gasteiger partial charge is 0.303 e. The fraction of sp³-hybridized carbons (Fsp3) is 0.333. The maximum absolute atomic E-state index is 3.75. The SMILES string of the molecule is CCCC(N[C@@H](C)c1ccccc1)c1ccccc1. The van der Waals surface area contributed by atoms with Crippen LogP contribution >= 0.6 is 0 Å². The zero-order valence-electron chi connectivity index (χ0n) is 11.8. The molecule has 1 N–H and O–H groups in total. The van der Waals surface area contributed by atoms with Crippen molar-refractivity contribution in [3.63, 3.8) is 0 Å². The molecule has 1 nitrogen and oxygen atoms in total. The van der Waals surface area contributed by atoms with Crippen LogP contribution in [-0.2, 0) is 0 Å². The van der Waals surface area contributed by atoms with Crippen LogP contribution in [0.15, 0.2) is 60.7 Å². The third-order valence-corrected chi connectivity index (χ3v) is 3.53. The highest BCUT2D eigenvalue weighted by molar-refractivity contribution is 5.22. The van der Waals surface area contributed by atoms with E-state index in [1.807, 2.05) is 0 Å². The standard InChI is InChI=1S/C18H23N/c1-3-10-18(17-13-8-5-9-14-17)19-15(2)16-11-6-4-7-12-16/h4-9,11-15,18-19H,3,10H2,1-2H3/t15-,18?/m0/s1. The van der Waals surface area contributed by atoms with Crippen molar-refractivity contribution in [2.45, 2.75) is 38.8 Å². The van der Waals surface area contributed by atoms with Crippen LogP contribution < -0.4 is 5.32 Å². The molecule has 0 bridgehead atoms. The molecule has 19 heavy (non-hydrogen) atoms. The average molecular weight is 253 g/mol. The third kappa shape index (κ3) is 3.93. The lowest BCUT2D eigenvalue weighted by atomic mass is 10.00. The minimum absolute atomic E-state index is 0.373. The minimum Gasteiger partial charge on any atom is -0.303 e. The topological polar surface area (TPSA) is 12.0 Å². The molecular formula is C18H23N. The van der Waals surface area contributed by atoms with Crippen LogP contribution in [0.1, 0.15) is 49.9 Å². The van der Waals surface area contributed by atoms with Crippen LogP contribution in [-0.4, -0.2) is 0 Å². The molecule has 2 aromatic rings. The number of hydrogen-bond acceptors (Lipinski definition) is 1. The van der Waals surface area contributed by atoms with E-state index in [0.717, 1.165) is 0 Å². The quantitative estimate of drug-likeness (QED) is 0.773. The molecule has 0 saturated carbocycles. The molecule has 1 heteroatoms. The van der Waals surface area contributed by atoms with E-state index in [9.17, 15) is 0 Å². The summed E-state index contributed by atoms with van der Waals surface area (Å²) in [5.41, 5.74) is 2.73. The first kappa shape index (κ1) is 13.8. The van der Waals surface area contributed by atoms with Gasteiger partial charge >= 0.3 is 0 Å². The van der Waals surface area contributed by atoms with Gasteiger partial charge in [-0.25, -0.2) is 0 Å². The molecule has 0 aromatic heterocycles. The second-order valence-electron chi connectivity index (χ2n) is 5.05. The van der Waals surface area contributed by atoms with Gasteiger partial charge in [0.25, 0.3) is 0 Å². The maximum atomic E-state index is 3.75. The van der Waals surface area contributed by atoms with Crippen LogP contribution in [0.25, 0.3) is 0 Å². The Hall–Kier alpha value is -1.60. The predicted octanol–water partition coefficient (Wildman–Crippen LogP) is 4.88. The van der Waals surface area contributed by atoms with Gasteiger partial charge in [-0.05, 0) is 24.5 Å². The van der Waals surface area contributed by atoms with E-state index in [4.69, 9.17) is 0 Å². The summed E-state index contributed by atoms with van der Waals surface area (Å²) >= 11 is 0. The second-order valence-corrected chi connectivity index (χ2v) is 5.05. The molecule has 0 heterocycles. The van der Waals surface area contributed by atoms with Gasteiger partial charge in [-0.2, -0.15) is 0 Å². The van der Waals surface area contributed by atoms with Crippen molar-refractivity contribution in [1.29, 1.82) is 0 Å². The van der Waals surface area contributed by atoms with E-state index < -0.39 is 0 Å². The van der Waals surface area contributed by atoms with Crippen LogP contribution in [0, 0.1) is 0 Å². The van der Waals surface area contributed by atoms with Gasteiger partial charge in [0.15, 0.2) is 0 Å². The Morgan fingerprint density at radius 3 is 1.89 bits per heavy atom. The Bertz CT molecular complexity index is 464. The molecule has 0 spiro atoms. The third-order valence-electron chi connectivity index (χ3n) is 3.53. The van der Waals surface area contributed by atoms with Crippen LogP contribution in [0.5, 0.6) is 0 Å². The monoisotopic (exact) mass is 253 g/mol. The molecule has 0 saturated heterocycles. The van der Waals surface area contributed by atoms with Gasteiger partial charge < -0.3 is 5.32 Å². The van der Waals surface area contributed by atoms with Gasteiger partial charge in [0.2, 0.25) is 0 Å². The van der Waals surface area contributed by atoms with E-state index in [1.165, 1.54) is 24.0 Å². The molecule has 0 aliphatic heterocycles. The molecule has 2 atom stereocenters. The molecule has 1 unspecified atom stereocenters. The summed E-state index contributed by atoms with van der Waals surface area (Å²) in [5, 5.41) is 3.75. The molecule has 0 amide bonds. The number of benzene rings is 2. The van der Waals surface area contributed by atoms with Gasteiger partial charge in [-0.15, -0.1) is 0 Å². The molecule has 0 aliphatic rings. The Balaban J connectivity index is 2.09. The lowest BCUT2D eigenvalue weighted by Crippen LogP contribution is -2.24. The summed E-state index contributed by atoms with van der Waals surface area (Å²) in [6, 6.07) is 22.2. The van der Waals surface area contributed by atoms with Crippen LogP contribution in [0.4, 0.5) is 0 Å². The molecule has 100 valence electrons. The van der Waals surface area contributed by atoms with Crippen LogP contribution in [0.3, 0.4) is 0 Å². The van der Waals surface area contributed by atoms with Crippen molar-refractivity contribution in [3.8, 4) is 0 Å². The Labute approximate surface area is 116 Å². The number of nitrogens with one attached hydrogen (secondary N) is 1. The van der Waals surface area contributed by atoms with E-state index >= 15 is 0 Å². The molecule has 2 aromatic carbocycles. The molecule has 0 radical (unpaired) electrons. The van der Waals surface area contributed by atoms with Crippen molar-refractivity contribution < 1.29 is 0 Å². The van der Waals surface area contributed by atoms with Gasteiger partial charge in [0, 0.05) is 12.1 Å². The summed E-state index contributed by atoms with van der Waals surface area (Å²) in [5.74, 6) is 0. The Morgan fingerprint density at radius 2 is 1.37 bits per heavy atom. The second kappa shape index (κ2) is 7.10. The maximum Gasteiger partial charge on any atom is 0.0325 e. The van der Waals surface area contributed by atoms with Crippen molar-refractivity contribution >= 4 is 0 Å². The van der Waals surface area contributed by atoms with Gasteiger partial charge in [-0.3, -0.25) is 0 Å². The summed E-state index contributed by atoms with van der Waals surface area (Å²) in [4.78, 5) is 0. The summed E-state index contributed by atoms with van der Waals surface area (Å²) < 4.78 is 0. The van der Waals surface area contributed by atoms with E-state index in [1.54, 1.807) is 0 Å². The Morgan fingerprint density at radius 1 is 0.842 bits per heavy atom. The number of rotatable bonds is 6. The minimum atomic E-state index is 0.373. The Kier molecular flexibility index (Phi) is 5.17. The lowest BCUT2D eigenvalue weighted by Gasteiger charge is -2.24. The van der Waals surface area contributed by atoms with Crippen molar-refractivity contribution in [3.05, 3.63) is 71.8 Å². The first-order valence-corrected chi connectivity index (χ1v) is 7.17. The highest BCUT2D eigenvalue weighted by Crippen LogP contribution is 2.23. The molecular weight excluding hydrogens is 230 g/mol. The van der Waals surface area contributed by atoms with E-state index in [-0.39, 0.29) is 0 Å². The van der Waals surface area contributed by atoms with Gasteiger partial charge in [-0.1, -0.05) is 74.0 Å². The van der Waals surface area contributed by atoms with E-state index in [2.05, 4.69) is 79.8 Å². The predicted molar refractivity (Wildman–Crippen MR) is 82.1 cm³/mol. The van der Waals surface area contributed by atoms with Crippen molar-refractivity contribution in [2.75, 3.05) is 0 Å². The summed E-state index contributed by atoms with van der Waals surface area (Å²) in [7, 11) is 0. The van der Waals surface area contributed by atoms with Gasteiger partial charge in [0.1, 0.15) is 0 Å². The molecule has 0 aliphatic carbocycles. The summed E-state index contributed by atoms with van der Waals surface area (Å²) in [6.45, 7) is 4.48. The first-order valence-electron chi connectivity index (χ1n) is 7.17. The van der Waals surface area contributed by atoms with Crippen molar-refractivity contribution in [1.82, 2.24) is 5.32 Å². The molecule has 0 fully saturated rings. The number of hydrogen-bond donors (Lipinski definition) is 1. The van der Waals surface area contributed by atoms with Crippen molar-refractivity contribution in [2.24, 2.45) is 0 Å². The normalized spacial score (nSPS) is 14.0. The fourth-order valence-corrected chi connectivity index (χ4v) is 2.46. The smallest absolute Gasteiger partial charge is 0.0325 e. The zero-order valence-corrected chi connectivity index (χ0v) is 11.8. The lowest BCUT2D eigenvalue weighted by molar-refractivity contribution is 0.439. The van der Waals surface area contributed by atoms with E-state index in [0.29, 0.717) is 12.1 Å². The fourth-order valence-electron chi connectivity index (χ4n) is 2.46.